The van der Waals surface area contributed by atoms with E-state index in [2.05, 4.69) is 24.3 Å². The van der Waals surface area contributed by atoms with Crippen molar-refractivity contribution in [1.82, 2.24) is 4.90 Å². The van der Waals surface area contributed by atoms with E-state index in [4.69, 9.17) is 10.5 Å². The van der Waals surface area contributed by atoms with Crippen LogP contribution in [0.25, 0.3) is 0 Å². The molecule has 1 saturated heterocycles. The first-order valence-corrected chi connectivity index (χ1v) is 8.64. The SMILES string of the molecule is CC(C)(C)OC(=O)N1CCC2(CCC(N)c3ccccc32)CC1. The molecular formula is C19H28N2O2. The highest BCUT2D eigenvalue weighted by atomic mass is 16.6. The number of nitrogens with zero attached hydrogens (tertiary/aromatic N) is 1. The second-order valence-electron chi connectivity index (χ2n) is 7.98. The first kappa shape index (κ1) is 16.3. The Labute approximate surface area is 139 Å². The fraction of sp³-hybridized carbons (Fsp3) is 0.632. The summed E-state index contributed by atoms with van der Waals surface area (Å²) in [6.07, 6.45) is 3.95. The molecule has 1 atom stereocenters. The lowest BCUT2D eigenvalue weighted by molar-refractivity contribution is 0.0152. The standard InChI is InChI=1S/C19H28N2O2/c1-18(2,3)23-17(22)21-12-10-19(11-13-21)9-8-16(20)14-6-4-5-7-15(14)19/h4-7,16H,8-13,20H2,1-3H3. The molecule has 1 aromatic rings. The molecule has 1 aromatic carbocycles. The van der Waals surface area contributed by atoms with Crippen LogP contribution in [0.1, 0.15) is 63.6 Å². The molecule has 2 N–H and O–H groups in total. The van der Waals surface area contributed by atoms with Crippen molar-refractivity contribution in [1.29, 1.82) is 0 Å². The van der Waals surface area contributed by atoms with Gasteiger partial charge in [-0.25, -0.2) is 4.79 Å². The number of rotatable bonds is 0. The van der Waals surface area contributed by atoms with Crippen molar-refractivity contribution in [3.05, 3.63) is 35.4 Å². The van der Waals surface area contributed by atoms with Gasteiger partial charge in [-0.15, -0.1) is 0 Å². The van der Waals surface area contributed by atoms with Crippen LogP contribution in [0.15, 0.2) is 24.3 Å². The maximum atomic E-state index is 12.3. The number of carbonyl (C=O) groups is 1. The zero-order valence-electron chi connectivity index (χ0n) is 14.5. The molecule has 1 unspecified atom stereocenters. The summed E-state index contributed by atoms with van der Waals surface area (Å²) in [6, 6.07) is 8.74. The van der Waals surface area contributed by atoms with Gasteiger partial charge in [0.15, 0.2) is 0 Å². The van der Waals surface area contributed by atoms with Gasteiger partial charge in [0, 0.05) is 19.1 Å². The summed E-state index contributed by atoms with van der Waals surface area (Å²) in [4.78, 5) is 14.1. The number of hydrogen-bond acceptors (Lipinski definition) is 3. The van der Waals surface area contributed by atoms with Gasteiger partial charge in [-0.1, -0.05) is 24.3 Å². The molecule has 23 heavy (non-hydrogen) atoms. The molecular weight excluding hydrogens is 288 g/mol. The van der Waals surface area contributed by atoms with Crippen LogP contribution in [0, 0.1) is 0 Å². The van der Waals surface area contributed by atoms with Gasteiger partial charge < -0.3 is 15.4 Å². The molecule has 0 radical (unpaired) electrons. The smallest absolute Gasteiger partial charge is 0.410 e. The number of ether oxygens (including phenoxy) is 1. The first-order chi connectivity index (χ1) is 10.8. The lowest BCUT2D eigenvalue weighted by Crippen LogP contribution is -2.48. The minimum absolute atomic E-state index is 0.153. The number of fused-ring (bicyclic) bond motifs is 2. The summed E-state index contributed by atoms with van der Waals surface area (Å²) < 4.78 is 5.51. The highest BCUT2D eigenvalue weighted by Gasteiger charge is 2.42. The molecule has 2 aliphatic rings. The Morgan fingerprint density at radius 1 is 1.22 bits per heavy atom. The van der Waals surface area contributed by atoms with Gasteiger partial charge in [-0.05, 0) is 63.0 Å². The summed E-state index contributed by atoms with van der Waals surface area (Å²) in [7, 11) is 0. The molecule has 126 valence electrons. The monoisotopic (exact) mass is 316 g/mol. The van der Waals surface area contributed by atoms with E-state index < -0.39 is 5.60 Å². The minimum Gasteiger partial charge on any atom is -0.444 e. The van der Waals surface area contributed by atoms with Gasteiger partial charge in [0.25, 0.3) is 0 Å². The lowest BCUT2D eigenvalue weighted by Gasteiger charge is -2.46. The first-order valence-electron chi connectivity index (χ1n) is 8.64. The Bertz CT molecular complexity index is 583. The number of benzene rings is 1. The van der Waals surface area contributed by atoms with E-state index in [1.807, 2.05) is 25.7 Å². The van der Waals surface area contributed by atoms with Gasteiger partial charge >= 0.3 is 6.09 Å². The number of piperidine rings is 1. The molecule has 1 aliphatic heterocycles. The number of amides is 1. The van der Waals surface area contributed by atoms with Crippen LogP contribution in [0.4, 0.5) is 4.79 Å². The fourth-order valence-corrected chi connectivity index (χ4v) is 3.99. The molecule has 4 nitrogen and oxygen atoms in total. The molecule has 1 spiro atoms. The van der Waals surface area contributed by atoms with Crippen LogP contribution in [0.5, 0.6) is 0 Å². The number of nitrogens with two attached hydrogens (primary N) is 1. The van der Waals surface area contributed by atoms with Crippen molar-refractivity contribution in [3.63, 3.8) is 0 Å². The molecule has 1 heterocycles. The van der Waals surface area contributed by atoms with Gasteiger partial charge in [-0.2, -0.15) is 0 Å². The number of carbonyl (C=O) groups excluding carboxylic acids is 1. The van der Waals surface area contributed by atoms with Crippen LogP contribution in [-0.4, -0.2) is 29.7 Å². The van der Waals surface area contributed by atoms with E-state index in [9.17, 15) is 4.79 Å². The normalized spacial score (nSPS) is 23.5. The Balaban J connectivity index is 1.74. The number of hydrogen-bond donors (Lipinski definition) is 1. The van der Waals surface area contributed by atoms with Crippen molar-refractivity contribution < 1.29 is 9.53 Å². The molecule has 0 saturated carbocycles. The molecule has 0 aromatic heterocycles. The zero-order valence-corrected chi connectivity index (χ0v) is 14.5. The third-order valence-electron chi connectivity index (χ3n) is 5.24. The van der Waals surface area contributed by atoms with Crippen LogP contribution in [0.2, 0.25) is 0 Å². The highest BCUT2D eigenvalue weighted by molar-refractivity contribution is 5.68. The van der Waals surface area contributed by atoms with Gasteiger partial charge in [0.1, 0.15) is 5.60 Å². The Morgan fingerprint density at radius 2 is 1.87 bits per heavy atom. The van der Waals surface area contributed by atoms with Crippen molar-refractivity contribution in [2.24, 2.45) is 5.73 Å². The molecule has 0 bridgehead atoms. The summed E-state index contributed by atoms with van der Waals surface area (Å²) in [5.74, 6) is 0. The predicted octanol–water partition coefficient (Wildman–Crippen LogP) is 3.75. The highest BCUT2D eigenvalue weighted by Crippen LogP contribution is 2.47. The van der Waals surface area contributed by atoms with Gasteiger partial charge in [0.05, 0.1) is 0 Å². The largest absolute Gasteiger partial charge is 0.444 e. The van der Waals surface area contributed by atoms with E-state index in [-0.39, 0.29) is 17.6 Å². The molecule has 3 rings (SSSR count). The topological polar surface area (TPSA) is 55.6 Å². The van der Waals surface area contributed by atoms with E-state index in [1.54, 1.807) is 0 Å². The van der Waals surface area contributed by atoms with E-state index in [0.717, 1.165) is 38.8 Å². The summed E-state index contributed by atoms with van der Waals surface area (Å²) in [5, 5.41) is 0. The second-order valence-corrected chi connectivity index (χ2v) is 7.98. The van der Waals surface area contributed by atoms with E-state index in [0.29, 0.717) is 0 Å². The maximum Gasteiger partial charge on any atom is 0.410 e. The van der Waals surface area contributed by atoms with Crippen LogP contribution in [-0.2, 0) is 10.2 Å². The lowest BCUT2D eigenvalue weighted by atomic mass is 9.64. The van der Waals surface area contributed by atoms with Crippen molar-refractivity contribution >= 4 is 6.09 Å². The number of likely N-dealkylation sites (tertiary alicyclic amines) is 1. The van der Waals surface area contributed by atoms with Crippen molar-refractivity contribution in [2.45, 2.75) is 63.5 Å². The average molecular weight is 316 g/mol. The summed E-state index contributed by atoms with van der Waals surface area (Å²) >= 11 is 0. The van der Waals surface area contributed by atoms with Crippen LogP contribution < -0.4 is 5.73 Å². The van der Waals surface area contributed by atoms with Gasteiger partial charge in [-0.3, -0.25) is 0 Å². The summed E-state index contributed by atoms with van der Waals surface area (Å²) in [6.45, 7) is 7.26. The van der Waals surface area contributed by atoms with E-state index in [1.165, 1.54) is 11.1 Å². The zero-order chi connectivity index (χ0) is 16.7. The molecule has 1 fully saturated rings. The van der Waals surface area contributed by atoms with Crippen molar-refractivity contribution in [2.75, 3.05) is 13.1 Å². The predicted molar refractivity (Wildman–Crippen MR) is 91.3 cm³/mol. The third kappa shape index (κ3) is 3.23. The third-order valence-corrected chi connectivity index (χ3v) is 5.24. The molecule has 4 heteroatoms. The van der Waals surface area contributed by atoms with Crippen LogP contribution >= 0.6 is 0 Å². The van der Waals surface area contributed by atoms with Crippen molar-refractivity contribution in [3.8, 4) is 0 Å². The van der Waals surface area contributed by atoms with Crippen LogP contribution in [0.3, 0.4) is 0 Å². The minimum atomic E-state index is -0.434. The molecule has 1 aliphatic carbocycles. The average Bonchev–Trinajstić information content (AvgIpc) is 2.51. The van der Waals surface area contributed by atoms with Gasteiger partial charge in [0.2, 0.25) is 0 Å². The Morgan fingerprint density at radius 3 is 2.52 bits per heavy atom. The Kier molecular flexibility index (Phi) is 4.13. The summed E-state index contributed by atoms with van der Waals surface area (Å²) in [5.41, 5.74) is 8.75. The second kappa shape index (κ2) is 5.82. The van der Waals surface area contributed by atoms with E-state index >= 15 is 0 Å². The molecule has 1 amide bonds. The Hall–Kier alpha value is -1.55. The maximum absolute atomic E-state index is 12.3. The fourth-order valence-electron chi connectivity index (χ4n) is 3.99. The quantitative estimate of drug-likeness (QED) is 0.793.